The van der Waals surface area contributed by atoms with Gasteiger partial charge in [0.15, 0.2) is 5.16 Å². The van der Waals surface area contributed by atoms with E-state index in [1.165, 1.54) is 16.7 Å². The van der Waals surface area contributed by atoms with Gasteiger partial charge in [-0.2, -0.15) is 0 Å². The summed E-state index contributed by atoms with van der Waals surface area (Å²) in [6.07, 6.45) is 4.36. The van der Waals surface area contributed by atoms with Gasteiger partial charge in [0.2, 0.25) is 0 Å². The van der Waals surface area contributed by atoms with E-state index in [0.29, 0.717) is 27.4 Å². The van der Waals surface area contributed by atoms with Crippen LogP contribution in [0.3, 0.4) is 0 Å². The lowest BCUT2D eigenvalue weighted by atomic mass is 10.1. The van der Waals surface area contributed by atoms with Crippen molar-refractivity contribution in [3.63, 3.8) is 0 Å². The van der Waals surface area contributed by atoms with Crippen molar-refractivity contribution in [1.82, 2.24) is 14.9 Å². The second-order valence-electron chi connectivity index (χ2n) is 10.3. The van der Waals surface area contributed by atoms with Crippen LogP contribution in [0.25, 0.3) is 16.6 Å². The highest BCUT2D eigenvalue weighted by Crippen LogP contribution is 2.28. The molecule has 1 N–H and O–H groups in total. The van der Waals surface area contributed by atoms with Gasteiger partial charge in [0.25, 0.3) is 11.5 Å². The molecule has 0 unspecified atom stereocenters. The smallest absolute Gasteiger partial charge is 0.266 e. The second-order valence-corrected chi connectivity index (χ2v) is 11.2. The number of nitrogens with one attached hydrogen (secondary N) is 1. The number of carbonyl (C=O) groups is 1. The molecular weight excluding hydrogens is 478 g/mol. The van der Waals surface area contributed by atoms with Gasteiger partial charge in [0.1, 0.15) is 0 Å². The molecule has 0 saturated heterocycles. The SMILES string of the molecule is Cc1cc(C)cc(-n2c(SCc3cc(C)ccc3C)nc3cc(C(=O)NC4CCCC4)ccc3c2=O)c1. The van der Waals surface area contributed by atoms with Crippen molar-refractivity contribution < 1.29 is 4.79 Å². The molecule has 0 aliphatic heterocycles. The van der Waals surface area contributed by atoms with Crippen LogP contribution in [0.5, 0.6) is 0 Å². The van der Waals surface area contributed by atoms with Crippen molar-refractivity contribution in [1.29, 1.82) is 0 Å². The molecule has 1 saturated carbocycles. The van der Waals surface area contributed by atoms with E-state index in [0.717, 1.165) is 42.5 Å². The maximum absolute atomic E-state index is 13.9. The zero-order valence-electron chi connectivity index (χ0n) is 21.9. The zero-order chi connectivity index (χ0) is 26.1. The molecule has 3 aromatic carbocycles. The highest BCUT2D eigenvalue weighted by atomic mass is 32.2. The van der Waals surface area contributed by atoms with Crippen molar-refractivity contribution in [2.75, 3.05) is 0 Å². The number of aromatic nitrogens is 2. The fourth-order valence-electron chi connectivity index (χ4n) is 5.15. The molecule has 6 heteroatoms. The van der Waals surface area contributed by atoms with E-state index in [2.05, 4.69) is 43.4 Å². The number of nitrogens with zero attached hydrogens (tertiary/aromatic N) is 2. The Hall–Kier alpha value is -3.38. The average Bonchev–Trinajstić information content (AvgIpc) is 3.36. The van der Waals surface area contributed by atoms with Gasteiger partial charge in [0, 0.05) is 17.4 Å². The number of carbonyl (C=O) groups excluding carboxylic acids is 1. The van der Waals surface area contributed by atoms with Crippen LogP contribution in [0.15, 0.2) is 64.5 Å². The van der Waals surface area contributed by atoms with E-state index in [1.807, 2.05) is 26.0 Å². The standard InChI is InChI=1S/C31H33N3O2S/c1-19-9-10-22(4)24(14-19)18-37-31-33-28-17-23(29(35)32-25-7-5-6-8-25)11-12-27(28)30(36)34(31)26-15-20(2)13-21(3)16-26/h9-17,25H,5-8,18H2,1-4H3,(H,32,35). The van der Waals surface area contributed by atoms with Crippen LogP contribution >= 0.6 is 11.8 Å². The Kier molecular flexibility index (Phi) is 7.20. The number of benzene rings is 3. The van der Waals surface area contributed by atoms with Crippen LogP contribution in [0.4, 0.5) is 0 Å². The lowest BCUT2D eigenvalue weighted by Gasteiger charge is -2.16. The van der Waals surface area contributed by atoms with Crippen LogP contribution < -0.4 is 10.9 Å². The third kappa shape index (κ3) is 5.49. The molecule has 1 amide bonds. The molecular formula is C31H33N3O2S. The van der Waals surface area contributed by atoms with Gasteiger partial charge in [-0.1, -0.05) is 54.4 Å². The number of hydrogen-bond acceptors (Lipinski definition) is 4. The minimum atomic E-state index is -0.124. The minimum absolute atomic E-state index is 0.0984. The van der Waals surface area contributed by atoms with Crippen LogP contribution in [0, 0.1) is 27.7 Å². The first-order chi connectivity index (χ1) is 17.8. The number of fused-ring (bicyclic) bond motifs is 1. The van der Waals surface area contributed by atoms with E-state index in [4.69, 9.17) is 4.98 Å². The Morgan fingerprint density at radius 3 is 2.41 bits per heavy atom. The molecule has 1 heterocycles. The second kappa shape index (κ2) is 10.5. The van der Waals surface area contributed by atoms with Crippen molar-refractivity contribution in [3.05, 3.63) is 98.3 Å². The predicted molar refractivity (Wildman–Crippen MR) is 152 cm³/mol. The first kappa shape index (κ1) is 25.3. The lowest BCUT2D eigenvalue weighted by molar-refractivity contribution is 0.0938. The number of thioether (sulfide) groups is 1. The number of aryl methyl sites for hydroxylation is 4. The van der Waals surface area contributed by atoms with Gasteiger partial charge < -0.3 is 5.32 Å². The van der Waals surface area contributed by atoms with Gasteiger partial charge in [-0.3, -0.25) is 14.2 Å². The van der Waals surface area contributed by atoms with E-state index in [1.54, 1.807) is 34.5 Å². The Morgan fingerprint density at radius 1 is 0.946 bits per heavy atom. The third-order valence-corrected chi connectivity index (χ3v) is 8.10. The molecule has 1 fully saturated rings. The maximum Gasteiger partial charge on any atom is 0.266 e. The van der Waals surface area contributed by atoms with E-state index in [-0.39, 0.29) is 17.5 Å². The summed E-state index contributed by atoms with van der Waals surface area (Å²) in [5.74, 6) is 0.594. The van der Waals surface area contributed by atoms with Crippen molar-refractivity contribution in [2.45, 2.75) is 70.3 Å². The number of amides is 1. The van der Waals surface area contributed by atoms with Gasteiger partial charge in [-0.15, -0.1) is 0 Å². The topological polar surface area (TPSA) is 64.0 Å². The molecule has 1 aliphatic rings. The summed E-state index contributed by atoms with van der Waals surface area (Å²) >= 11 is 1.55. The zero-order valence-corrected chi connectivity index (χ0v) is 22.7. The van der Waals surface area contributed by atoms with Gasteiger partial charge >= 0.3 is 0 Å². The summed E-state index contributed by atoms with van der Waals surface area (Å²) in [6, 6.07) is 18.0. The summed E-state index contributed by atoms with van der Waals surface area (Å²) in [7, 11) is 0. The Bertz CT molecular complexity index is 1530. The van der Waals surface area contributed by atoms with E-state index in [9.17, 15) is 9.59 Å². The molecule has 5 rings (SSSR count). The van der Waals surface area contributed by atoms with Crippen LogP contribution in [-0.4, -0.2) is 21.5 Å². The van der Waals surface area contributed by atoms with E-state index < -0.39 is 0 Å². The molecule has 0 atom stereocenters. The molecule has 0 bridgehead atoms. The molecule has 0 spiro atoms. The normalized spacial score (nSPS) is 13.8. The summed E-state index contributed by atoms with van der Waals surface area (Å²) in [6.45, 7) is 8.27. The predicted octanol–water partition coefficient (Wildman–Crippen LogP) is 6.58. The monoisotopic (exact) mass is 511 g/mol. The molecule has 5 nitrogen and oxygen atoms in total. The van der Waals surface area contributed by atoms with Gasteiger partial charge in [-0.05, 0) is 93.1 Å². The average molecular weight is 512 g/mol. The number of rotatable bonds is 6. The molecule has 1 aliphatic carbocycles. The summed E-state index contributed by atoms with van der Waals surface area (Å²) in [5, 5.41) is 4.27. The molecule has 190 valence electrons. The molecule has 1 aromatic heterocycles. The largest absolute Gasteiger partial charge is 0.349 e. The molecule has 37 heavy (non-hydrogen) atoms. The van der Waals surface area contributed by atoms with Crippen LogP contribution in [-0.2, 0) is 5.75 Å². The van der Waals surface area contributed by atoms with Crippen LogP contribution in [0.1, 0.15) is 63.9 Å². The fourth-order valence-corrected chi connectivity index (χ4v) is 6.22. The fraction of sp³-hybridized carbons (Fsp3) is 0.323. The van der Waals surface area contributed by atoms with Crippen LogP contribution in [0.2, 0.25) is 0 Å². The number of hydrogen-bond donors (Lipinski definition) is 1. The quantitative estimate of drug-likeness (QED) is 0.234. The van der Waals surface area contributed by atoms with E-state index >= 15 is 0 Å². The Labute approximate surface area is 222 Å². The van der Waals surface area contributed by atoms with Crippen molar-refractivity contribution in [3.8, 4) is 5.69 Å². The summed E-state index contributed by atoms with van der Waals surface area (Å²) < 4.78 is 1.72. The maximum atomic E-state index is 13.9. The minimum Gasteiger partial charge on any atom is -0.349 e. The lowest BCUT2D eigenvalue weighted by Crippen LogP contribution is -2.32. The third-order valence-electron chi connectivity index (χ3n) is 7.12. The first-order valence-electron chi connectivity index (χ1n) is 12.9. The van der Waals surface area contributed by atoms with Crippen molar-refractivity contribution in [2.24, 2.45) is 0 Å². The molecule has 4 aromatic rings. The first-order valence-corrected chi connectivity index (χ1v) is 13.9. The van der Waals surface area contributed by atoms with Crippen molar-refractivity contribution >= 4 is 28.6 Å². The summed E-state index contributed by atoms with van der Waals surface area (Å²) in [4.78, 5) is 31.8. The van der Waals surface area contributed by atoms with Gasteiger partial charge in [-0.25, -0.2) is 4.98 Å². The molecule has 0 radical (unpaired) electrons. The summed E-state index contributed by atoms with van der Waals surface area (Å²) in [5.41, 5.74) is 7.59. The highest BCUT2D eigenvalue weighted by Gasteiger charge is 2.20. The Balaban J connectivity index is 1.59. The van der Waals surface area contributed by atoms with Gasteiger partial charge in [0.05, 0.1) is 16.6 Å². The highest BCUT2D eigenvalue weighted by molar-refractivity contribution is 7.98. The Morgan fingerprint density at radius 2 is 1.68 bits per heavy atom.